The Morgan fingerprint density at radius 3 is 2.14 bits per heavy atom. The Kier molecular flexibility index (Phi) is 7.68. The van der Waals surface area contributed by atoms with Crippen LogP contribution in [-0.4, -0.2) is 20.1 Å². The van der Waals surface area contributed by atoms with E-state index in [9.17, 15) is 5.11 Å². The van der Waals surface area contributed by atoms with Gasteiger partial charge in [-0.2, -0.15) is 0 Å². The number of aromatic hydroxyl groups is 1. The van der Waals surface area contributed by atoms with E-state index in [0.717, 1.165) is 35.0 Å². The molecular weight excluding hydrogens is 358 g/mol. The van der Waals surface area contributed by atoms with Gasteiger partial charge in [0.1, 0.15) is 22.5 Å². The van der Waals surface area contributed by atoms with Gasteiger partial charge in [-0.05, 0) is 55.0 Å². The van der Waals surface area contributed by atoms with Gasteiger partial charge in [0.15, 0.2) is 0 Å². The van der Waals surface area contributed by atoms with Crippen LogP contribution in [0.25, 0.3) is 16.7 Å². The van der Waals surface area contributed by atoms with Crippen LogP contribution in [0.15, 0.2) is 36.4 Å². The van der Waals surface area contributed by atoms with Gasteiger partial charge in [-0.25, -0.2) is 0 Å². The van der Waals surface area contributed by atoms with Crippen LogP contribution in [0.4, 0.5) is 0 Å². The van der Waals surface area contributed by atoms with Crippen LogP contribution in [0.3, 0.4) is 0 Å². The second kappa shape index (κ2) is 10.4. The summed E-state index contributed by atoms with van der Waals surface area (Å²) in [6.45, 7) is 6.58. The summed E-state index contributed by atoms with van der Waals surface area (Å²) in [5.74, 6) is 0.728. The summed E-state index contributed by atoms with van der Waals surface area (Å²) in [5.41, 5.74) is 4.57. The van der Waals surface area contributed by atoms with Crippen LogP contribution in [0.5, 0.6) is 5.75 Å². The van der Waals surface area contributed by atoms with Gasteiger partial charge in [0.25, 0.3) is 0 Å². The first kappa shape index (κ1) is 21.4. The van der Waals surface area contributed by atoms with Crippen LogP contribution in [0.1, 0.15) is 88.7 Å². The van der Waals surface area contributed by atoms with Crippen LogP contribution in [0.2, 0.25) is 0 Å². The monoisotopic (exact) mass is 393 g/mol. The molecule has 0 saturated carbocycles. The van der Waals surface area contributed by atoms with Crippen molar-refractivity contribution in [2.75, 3.05) is 0 Å². The number of aryl methyl sites for hydroxylation is 1. The molecule has 0 spiro atoms. The third kappa shape index (κ3) is 5.37. The van der Waals surface area contributed by atoms with E-state index >= 15 is 0 Å². The Hall–Kier alpha value is -2.36. The largest absolute Gasteiger partial charge is 0.505 e. The fourth-order valence-electron chi connectivity index (χ4n) is 4.12. The number of fused-ring (bicyclic) bond motifs is 1. The van der Waals surface area contributed by atoms with Crippen molar-refractivity contribution in [3.05, 3.63) is 47.5 Å². The molecule has 0 aliphatic rings. The van der Waals surface area contributed by atoms with Crippen molar-refractivity contribution in [3.8, 4) is 11.4 Å². The topological polar surface area (TPSA) is 50.9 Å². The zero-order valence-corrected chi connectivity index (χ0v) is 18.2. The molecule has 0 fully saturated rings. The highest BCUT2D eigenvalue weighted by molar-refractivity contribution is 5.73. The molecule has 156 valence electrons. The van der Waals surface area contributed by atoms with Crippen molar-refractivity contribution in [1.29, 1.82) is 0 Å². The third-order valence-electron chi connectivity index (χ3n) is 5.77. The number of hydrogen-bond donors (Lipinski definition) is 1. The van der Waals surface area contributed by atoms with Gasteiger partial charge in [-0.1, -0.05) is 77.0 Å². The van der Waals surface area contributed by atoms with E-state index in [4.69, 9.17) is 0 Å². The Morgan fingerprint density at radius 2 is 1.48 bits per heavy atom. The van der Waals surface area contributed by atoms with Gasteiger partial charge in [0.05, 0.1) is 0 Å². The Balaban J connectivity index is 1.89. The third-order valence-corrected chi connectivity index (χ3v) is 5.77. The molecule has 0 aliphatic carbocycles. The lowest BCUT2D eigenvalue weighted by atomic mass is 9.87. The van der Waals surface area contributed by atoms with E-state index in [1.165, 1.54) is 44.9 Å². The number of phenols is 1. The summed E-state index contributed by atoms with van der Waals surface area (Å²) in [6, 6.07) is 12.0. The average Bonchev–Trinajstić information content (AvgIpc) is 3.15. The first-order chi connectivity index (χ1) is 14.1. The van der Waals surface area contributed by atoms with E-state index in [1.807, 2.05) is 30.3 Å². The summed E-state index contributed by atoms with van der Waals surface area (Å²) < 4.78 is 0. The van der Waals surface area contributed by atoms with E-state index in [-0.39, 0.29) is 0 Å². The summed E-state index contributed by atoms with van der Waals surface area (Å²) in [4.78, 5) is 1.59. The van der Waals surface area contributed by atoms with Crippen molar-refractivity contribution in [2.45, 2.75) is 84.5 Å². The smallest absolute Gasteiger partial charge is 0.146 e. The van der Waals surface area contributed by atoms with Crippen molar-refractivity contribution < 1.29 is 5.11 Å². The predicted octanol–water partition coefficient (Wildman–Crippen LogP) is 7.07. The molecule has 0 radical (unpaired) electrons. The van der Waals surface area contributed by atoms with Crippen molar-refractivity contribution in [2.24, 2.45) is 0 Å². The molecule has 0 bridgehead atoms. The van der Waals surface area contributed by atoms with Crippen molar-refractivity contribution in [1.82, 2.24) is 15.0 Å². The van der Waals surface area contributed by atoms with Crippen LogP contribution < -0.4 is 0 Å². The number of nitrogens with zero attached hydrogens (tertiary/aromatic N) is 3. The molecule has 1 atom stereocenters. The minimum Gasteiger partial charge on any atom is -0.505 e. The lowest BCUT2D eigenvalue weighted by Gasteiger charge is -2.20. The molecule has 1 aromatic heterocycles. The lowest BCUT2D eigenvalue weighted by molar-refractivity contribution is 0.437. The highest BCUT2D eigenvalue weighted by atomic mass is 16.3. The molecule has 4 nitrogen and oxygen atoms in total. The zero-order chi connectivity index (χ0) is 20.6. The molecule has 4 heteroatoms. The molecule has 1 heterocycles. The highest BCUT2D eigenvalue weighted by Crippen LogP contribution is 2.38. The first-order valence-electron chi connectivity index (χ1n) is 11.3. The van der Waals surface area contributed by atoms with Crippen molar-refractivity contribution >= 4 is 11.0 Å². The molecule has 0 aliphatic heterocycles. The number of unbranched alkanes of at least 4 members (excludes halogenated alkanes) is 5. The summed E-state index contributed by atoms with van der Waals surface area (Å²) in [5, 5.41) is 20.4. The SMILES string of the molecule is CCCCCCCC(CCCC)c1cc(C)cc(-n2nc3ccccc3n2)c1O. The Bertz CT molecular complexity index is 883. The Morgan fingerprint density at radius 1 is 0.862 bits per heavy atom. The number of rotatable bonds is 11. The van der Waals surface area contributed by atoms with E-state index in [2.05, 4.69) is 37.0 Å². The zero-order valence-electron chi connectivity index (χ0n) is 18.2. The maximum absolute atomic E-state index is 11.2. The molecule has 0 amide bonds. The summed E-state index contributed by atoms with van der Waals surface area (Å²) in [7, 11) is 0. The van der Waals surface area contributed by atoms with Crippen LogP contribution in [-0.2, 0) is 0 Å². The summed E-state index contributed by atoms with van der Waals surface area (Å²) in [6.07, 6.45) is 11.0. The molecule has 1 unspecified atom stereocenters. The number of phenolic OH excluding ortho intramolecular Hbond substituents is 1. The highest BCUT2D eigenvalue weighted by Gasteiger charge is 2.20. The number of aromatic nitrogens is 3. The van der Waals surface area contributed by atoms with Gasteiger partial charge in [0.2, 0.25) is 0 Å². The van der Waals surface area contributed by atoms with Crippen LogP contribution >= 0.6 is 0 Å². The molecule has 1 N–H and O–H groups in total. The quantitative estimate of drug-likeness (QED) is 0.354. The fraction of sp³-hybridized carbons (Fsp3) is 0.520. The van der Waals surface area contributed by atoms with Crippen LogP contribution in [0, 0.1) is 6.92 Å². The normalized spacial score (nSPS) is 12.5. The summed E-state index contributed by atoms with van der Waals surface area (Å²) >= 11 is 0. The first-order valence-corrected chi connectivity index (χ1v) is 11.3. The minimum absolute atomic E-state index is 0.338. The molecule has 29 heavy (non-hydrogen) atoms. The molecule has 0 saturated heterocycles. The fourth-order valence-corrected chi connectivity index (χ4v) is 4.12. The number of benzene rings is 2. The van der Waals surface area contributed by atoms with Gasteiger partial charge in [-0.15, -0.1) is 15.0 Å². The van der Waals surface area contributed by atoms with E-state index < -0.39 is 0 Å². The van der Waals surface area contributed by atoms with Gasteiger partial charge in [0, 0.05) is 0 Å². The Labute approximate surface area is 175 Å². The van der Waals surface area contributed by atoms with Gasteiger partial charge >= 0.3 is 0 Å². The van der Waals surface area contributed by atoms with Gasteiger partial charge in [-0.3, -0.25) is 0 Å². The van der Waals surface area contributed by atoms with Crippen molar-refractivity contribution in [3.63, 3.8) is 0 Å². The molecule has 2 aromatic carbocycles. The average molecular weight is 394 g/mol. The van der Waals surface area contributed by atoms with Gasteiger partial charge < -0.3 is 5.11 Å². The minimum atomic E-state index is 0.338. The van der Waals surface area contributed by atoms with E-state index in [1.54, 1.807) is 4.80 Å². The predicted molar refractivity (Wildman–Crippen MR) is 121 cm³/mol. The maximum Gasteiger partial charge on any atom is 0.146 e. The molecule has 3 aromatic rings. The maximum atomic E-state index is 11.2. The second-order valence-electron chi connectivity index (χ2n) is 8.24. The number of hydrogen-bond acceptors (Lipinski definition) is 3. The molecular formula is C25H35N3O. The second-order valence-corrected chi connectivity index (χ2v) is 8.24. The lowest BCUT2D eigenvalue weighted by Crippen LogP contribution is -2.06. The van der Waals surface area contributed by atoms with E-state index in [0.29, 0.717) is 17.4 Å². The molecule has 3 rings (SSSR count). The standard InChI is InChI=1S/C25H35N3O/c1-4-6-8-9-10-14-20(13-7-5-2)21-17-19(3)18-24(25(21)29)28-26-22-15-11-12-16-23(22)27-28/h11-12,15-18,20,29H,4-10,13-14H2,1-3H3.